The molecule has 2 aliphatic rings. The van der Waals surface area contributed by atoms with Gasteiger partial charge in [0.05, 0.1) is 40.0 Å². The number of ether oxygens (including phenoxy) is 2. The van der Waals surface area contributed by atoms with Crippen molar-refractivity contribution in [2.24, 2.45) is 5.92 Å². The number of aliphatic hydroxyl groups excluding tert-OH is 1. The molecule has 9 nitrogen and oxygen atoms in total. The van der Waals surface area contributed by atoms with Crippen molar-refractivity contribution in [3.05, 3.63) is 114 Å². The minimum Gasteiger partial charge on any atom is -0.497 e. The van der Waals surface area contributed by atoms with E-state index in [2.05, 4.69) is 32.2 Å². The van der Waals surface area contributed by atoms with Gasteiger partial charge in [0.1, 0.15) is 5.75 Å². The van der Waals surface area contributed by atoms with Crippen molar-refractivity contribution in [2.75, 3.05) is 37.1 Å². The van der Waals surface area contributed by atoms with Crippen molar-refractivity contribution in [3.8, 4) is 5.75 Å². The number of aliphatic hydroxyl groups is 1. The first kappa shape index (κ1) is 35.1. The highest BCUT2D eigenvalue weighted by molar-refractivity contribution is 6.91. The SMILES string of the molecule is COc1ccc([Si](C)(C)[C@H]2[C@H](CC(=O)N(CCO)Cc3ccccc3)O[C@@]3(C(=O)N(C)c4ccc(N(C=O)c5ccccc5)cc43)[C@@H]2C)cc1. The van der Waals surface area contributed by atoms with Gasteiger partial charge in [-0.1, -0.05) is 85.9 Å². The van der Waals surface area contributed by atoms with E-state index in [1.807, 2.05) is 91.0 Å². The summed E-state index contributed by atoms with van der Waals surface area (Å²) in [5, 5.41) is 11.1. The molecule has 0 aliphatic carbocycles. The van der Waals surface area contributed by atoms with Gasteiger partial charge in [0, 0.05) is 43.0 Å². The number of hydrogen-bond acceptors (Lipinski definition) is 6. The summed E-state index contributed by atoms with van der Waals surface area (Å²) in [5.74, 6) is 0.0960. The van der Waals surface area contributed by atoms with Crippen LogP contribution in [0.1, 0.15) is 24.5 Å². The maximum absolute atomic E-state index is 14.6. The zero-order valence-corrected chi connectivity index (χ0v) is 30.3. The highest BCUT2D eigenvalue weighted by Crippen LogP contribution is 2.60. The summed E-state index contributed by atoms with van der Waals surface area (Å²) in [6.07, 6.45) is 0.226. The molecule has 50 heavy (non-hydrogen) atoms. The Labute approximate surface area is 295 Å². The maximum Gasteiger partial charge on any atom is 0.264 e. The average Bonchev–Trinajstić information content (AvgIpc) is 3.54. The first-order valence-electron chi connectivity index (χ1n) is 17.0. The van der Waals surface area contributed by atoms with Gasteiger partial charge in [0.25, 0.3) is 5.91 Å². The molecule has 0 aromatic heterocycles. The lowest BCUT2D eigenvalue weighted by Crippen LogP contribution is -2.52. The molecule has 0 bridgehead atoms. The first-order valence-corrected chi connectivity index (χ1v) is 20.1. The standard InChI is InChI=1S/C40H45N3O6Si/c1-28-38(50(4,5)33-19-17-32(48-3)18-20-33)36(25-37(46)42(22-23-44)26-29-12-8-6-9-13-29)49-40(28)34-24-31(16-21-35(34)41(2)39(40)47)43(27-45)30-14-10-7-11-15-30/h6-21,24,27-28,36,38,44H,22-23,25-26H2,1-5H3/t28-,36+,38-,40+/m1/s1. The van der Waals surface area contributed by atoms with Crippen LogP contribution in [-0.2, 0) is 31.3 Å². The molecule has 4 aromatic rings. The van der Waals surface area contributed by atoms with E-state index in [0.29, 0.717) is 29.2 Å². The van der Waals surface area contributed by atoms with Crippen LogP contribution in [0.5, 0.6) is 5.75 Å². The van der Waals surface area contributed by atoms with Crippen LogP contribution in [0.4, 0.5) is 17.1 Å². The topological polar surface area (TPSA) is 99.6 Å². The summed E-state index contributed by atoms with van der Waals surface area (Å²) in [4.78, 5) is 46.2. The Hall–Kier alpha value is -4.77. The zero-order chi connectivity index (χ0) is 35.6. The number of amides is 3. The Morgan fingerprint density at radius 2 is 1.64 bits per heavy atom. The molecule has 1 saturated heterocycles. The zero-order valence-electron chi connectivity index (χ0n) is 29.3. The second-order valence-electron chi connectivity index (χ2n) is 13.8. The van der Waals surface area contributed by atoms with Gasteiger partial charge in [-0.15, -0.1) is 0 Å². The molecule has 0 radical (unpaired) electrons. The van der Waals surface area contributed by atoms with Gasteiger partial charge in [-0.3, -0.25) is 19.3 Å². The lowest BCUT2D eigenvalue weighted by molar-refractivity contribution is -0.149. The lowest BCUT2D eigenvalue weighted by Gasteiger charge is -2.37. The molecule has 3 amide bonds. The smallest absolute Gasteiger partial charge is 0.264 e. The third kappa shape index (κ3) is 6.12. The Morgan fingerprint density at radius 3 is 2.26 bits per heavy atom. The summed E-state index contributed by atoms with van der Waals surface area (Å²) in [5.41, 5.74) is 2.14. The highest BCUT2D eigenvalue weighted by atomic mass is 28.3. The summed E-state index contributed by atoms with van der Waals surface area (Å²) in [7, 11) is 0.891. The molecule has 260 valence electrons. The molecule has 6 rings (SSSR count). The van der Waals surface area contributed by atoms with Crippen molar-refractivity contribution in [2.45, 2.75) is 50.2 Å². The third-order valence-electron chi connectivity index (χ3n) is 10.7. The van der Waals surface area contributed by atoms with Gasteiger partial charge in [-0.25, -0.2) is 0 Å². The normalized spacial score (nSPS) is 21.3. The van der Waals surface area contributed by atoms with Crippen LogP contribution in [0.2, 0.25) is 18.6 Å². The van der Waals surface area contributed by atoms with E-state index in [1.165, 1.54) is 0 Å². The van der Waals surface area contributed by atoms with Crippen molar-refractivity contribution >= 4 is 48.5 Å². The molecule has 1 spiro atoms. The predicted molar refractivity (Wildman–Crippen MR) is 198 cm³/mol. The number of rotatable bonds is 12. The quantitative estimate of drug-likeness (QED) is 0.154. The maximum atomic E-state index is 14.6. The number of methoxy groups -OCH3 is 1. The molecular weight excluding hydrogens is 647 g/mol. The highest BCUT2D eigenvalue weighted by Gasteiger charge is 2.66. The monoisotopic (exact) mass is 691 g/mol. The number of para-hydroxylation sites is 1. The van der Waals surface area contributed by atoms with Crippen LogP contribution >= 0.6 is 0 Å². The third-order valence-corrected chi connectivity index (χ3v) is 15.0. The van der Waals surface area contributed by atoms with Crippen LogP contribution in [0.15, 0.2) is 103 Å². The van der Waals surface area contributed by atoms with E-state index in [-0.39, 0.29) is 42.8 Å². The Kier molecular flexibility index (Phi) is 9.97. The molecule has 1 N–H and O–H groups in total. The Balaban J connectivity index is 1.44. The van der Waals surface area contributed by atoms with Crippen molar-refractivity contribution in [1.29, 1.82) is 0 Å². The molecule has 10 heteroatoms. The number of hydrogen-bond donors (Lipinski definition) is 1. The fourth-order valence-corrected chi connectivity index (χ4v) is 12.1. The second kappa shape index (κ2) is 14.2. The summed E-state index contributed by atoms with van der Waals surface area (Å²) in [6, 6.07) is 32.8. The number of anilines is 3. The molecule has 2 heterocycles. The Bertz CT molecular complexity index is 1840. The fourth-order valence-electron chi connectivity index (χ4n) is 8.13. The molecule has 2 aliphatic heterocycles. The Morgan fingerprint density at radius 1 is 0.980 bits per heavy atom. The van der Waals surface area contributed by atoms with Crippen LogP contribution in [0.3, 0.4) is 0 Å². The number of nitrogens with zero attached hydrogens (tertiary/aromatic N) is 3. The summed E-state index contributed by atoms with van der Waals surface area (Å²) < 4.78 is 12.6. The van der Waals surface area contributed by atoms with Gasteiger partial charge in [0.15, 0.2) is 5.60 Å². The van der Waals surface area contributed by atoms with Gasteiger partial charge < -0.3 is 24.4 Å². The van der Waals surface area contributed by atoms with E-state index in [9.17, 15) is 19.5 Å². The van der Waals surface area contributed by atoms with Gasteiger partial charge in [-0.05, 0) is 53.6 Å². The van der Waals surface area contributed by atoms with E-state index in [1.54, 1.807) is 28.9 Å². The predicted octanol–water partition coefficient (Wildman–Crippen LogP) is 5.59. The van der Waals surface area contributed by atoms with Crippen LogP contribution in [0.25, 0.3) is 0 Å². The number of carbonyl (C=O) groups is 3. The molecule has 0 saturated carbocycles. The van der Waals surface area contributed by atoms with E-state index in [4.69, 9.17) is 9.47 Å². The van der Waals surface area contributed by atoms with Gasteiger partial charge >= 0.3 is 0 Å². The first-order chi connectivity index (χ1) is 24.1. The van der Waals surface area contributed by atoms with E-state index >= 15 is 0 Å². The minimum absolute atomic E-state index is 0.0483. The minimum atomic E-state index is -2.50. The van der Waals surface area contributed by atoms with Crippen molar-refractivity contribution < 1.29 is 29.0 Å². The molecule has 4 aromatic carbocycles. The fraction of sp³-hybridized carbons (Fsp3) is 0.325. The van der Waals surface area contributed by atoms with Crippen molar-refractivity contribution in [3.63, 3.8) is 0 Å². The van der Waals surface area contributed by atoms with Crippen molar-refractivity contribution in [1.82, 2.24) is 4.90 Å². The van der Waals surface area contributed by atoms with Crippen LogP contribution in [-0.4, -0.2) is 69.7 Å². The second-order valence-corrected chi connectivity index (χ2v) is 18.4. The van der Waals surface area contributed by atoms with Crippen LogP contribution < -0.4 is 19.7 Å². The molecular formula is C40H45N3O6Si. The van der Waals surface area contributed by atoms with E-state index in [0.717, 1.165) is 22.9 Å². The lowest BCUT2D eigenvalue weighted by atomic mass is 9.82. The number of carbonyl (C=O) groups excluding carboxylic acids is 3. The molecule has 1 fully saturated rings. The number of likely N-dealkylation sites (N-methyl/N-ethyl adjacent to an activating group) is 1. The summed E-state index contributed by atoms with van der Waals surface area (Å²) >= 11 is 0. The number of benzene rings is 4. The largest absolute Gasteiger partial charge is 0.497 e. The van der Waals surface area contributed by atoms with Gasteiger partial charge in [0.2, 0.25) is 12.3 Å². The van der Waals surface area contributed by atoms with Crippen LogP contribution in [0, 0.1) is 5.92 Å². The number of fused-ring (bicyclic) bond motifs is 2. The van der Waals surface area contributed by atoms with E-state index < -0.39 is 19.8 Å². The average molecular weight is 692 g/mol. The van der Waals surface area contributed by atoms with Gasteiger partial charge in [-0.2, -0.15) is 0 Å². The molecule has 4 atom stereocenters. The summed E-state index contributed by atoms with van der Waals surface area (Å²) in [6.45, 7) is 6.98. The molecule has 0 unspecified atom stereocenters.